The van der Waals surface area contributed by atoms with Crippen molar-refractivity contribution in [2.24, 2.45) is 0 Å². The summed E-state index contributed by atoms with van der Waals surface area (Å²) in [6.45, 7) is 3.10. The number of ether oxygens (including phenoxy) is 1. The lowest BCUT2D eigenvalue weighted by Gasteiger charge is -2.09. The van der Waals surface area contributed by atoms with Gasteiger partial charge in [-0.05, 0) is 30.7 Å². The van der Waals surface area contributed by atoms with Gasteiger partial charge in [-0.25, -0.2) is 4.39 Å². The zero-order chi connectivity index (χ0) is 15.6. The predicted molar refractivity (Wildman–Crippen MR) is 87.7 cm³/mol. The van der Waals surface area contributed by atoms with Gasteiger partial charge in [0.2, 0.25) is 0 Å². The van der Waals surface area contributed by atoms with Crippen molar-refractivity contribution < 1.29 is 9.13 Å². The van der Waals surface area contributed by atoms with Crippen molar-refractivity contribution >= 4 is 0 Å². The predicted octanol–water partition coefficient (Wildman–Crippen LogP) is 2.76. The first-order valence-electron chi connectivity index (χ1n) is 7.58. The van der Waals surface area contributed by atoms with Gasteiger partial charge in [-0.15, -0.1) is 0 Å². The molecule has 0 bridgehead atoms. The summed E-state index contributed by atoms with van der Waals surface area (Å²) in [6, 6.07) is 14.9. The standard InChI is InChI=1S/C18H23FN2O/c1-22-18-9-5-3-6-15(18)10-11-20-12-13-21-14-16-7-2-4-8-17(16)19/h2-9,20-21H,10-14H2,1H3. The van der Waals surface area contributed by atoms with Crippen molar-refractivity contribution in [3.05, 3.63) is 65.5 Å². The quantitative estimate of drug-likeness (QED) is 0.699. The highest BCUT2D eigenvalue weighted by Crippen LogP contribution is 2.17. The summed E-state index contributed by atoms with van der Waals surface area (Å²) in [7, 11) is 1.69. The Labute approximate surface area is 131 Å². The fourth-order valence-corrected chi connectivity index (χ4v) is 2.30. The monoisotopic (exact) mass is 302 g/mol. The van der Waals surface area contributed by atoms with E-state index < -0.39 is 0 Å². The zero-order valence-electron chi connectivity index (χ0n) is 12.9. The van der Waals surface area contributed by atoms with Gasteiger partial charge in [0.05, 0.1) is 7.11 Å². The maximum absolute atomic E-state index is 13.4. The number of hydrogen-bond acceptors (Lipinski definition) is 3. The van der Waals surface area contributed by atoms with Crippen LogP contribution in [0, 0.1) is 5.82 Å². The van der Waals surface area contributed by atoms with Gasteiger partial charge in [0.25, 0.3) is 0 Å². The molecular weight excluding hydrogens is 279 g/mol. The Hall–Kier alpha value is -1.91. The first-order chi connectivity index (χ1) is 10.8. The van der Waals surface area contributed by atoms with Crippen LogP contribution in [0.5, 0.6) is 5.75 Å². The Balaban J connectivity index is 1.59. The highest BCUT2D eigenvalue weighted by Gasteiger charge is 2.01. The largest absolute Gasteiger partial charge is 0.496 e. The van der Waals surface area contributed by atoms with E-state index in [1.165, 1.54) is 11.6 Å². The lowest BCUT2D eigenvalue weighted by atomic mass is 10.1. The van der Waals surface area contributed by atoms with E-state index in [1.54, 1.807) is 19.2 Å². The van der Waals surface area contributed by atoms with Crippen LogP contribution in [0.4, 0.5) is 4.39 Å². The minimum absolute atomic E-state index is 0.154. The molecule has 2 aromatic carbocycles. The molecule has 3 nitrogen and oxygen atoms in total. The lowest BCUT2D eigenvalue weighted by molar-refractivity contribution is 0.409. The summed E-state index contributed by atoms with van der Waals surface area (Å²) < 4.78 is 18.7. The van der Waals surface area contributed by atoms with Crippen LogP contribution in [-0.4, -0.2) is 26.7 Å². The molecule has 0 spiro atoms. The van der Waals surface area contributed by atoms with E-state index in [-0.39, 0.29) is 5.82 Å². The second-order valence-corrected chi connectivity index (χ2v) is 5.08. The molecule has 4 heteroatoms. The third-order valence-electron chi connectivity index (χ3n) is 3.52. The summed E-state index contributed by atoms with van der Waals surface area (Å²) in [5.74, 6) is 0.779. The summed E-state index contributed by atoms with van der Waals surface area (Å²) in [5, 5.41) is 6.61. The van der Waals surface area contributed by atoms with Crippen LogP contribution in [0.25, 0.3) is 0 Å². The highest BCUT2D eigenvalue weighted by atomic mass is 19.1. The smallest absolute Gasteiger partial charge is 0.127 e. The number of benzene rings is 2. The molecule has 2 rings (SSSR count). The van der Waals surface area contributed by atoms with Crippen molar-refractivity contribution in [2.75, 3.05) is 26.7 Å². The summed E-state index contributed by atoms with van der Waals surface area (Å²) in [5.41, 5.74) is 1.91. The van der Waals surface area contributed by atoms with Crippen LogP contribution in [0.3, 0.4) is 0 Å². The van der Waals surface area contributed by atoms with Crippen LogP contribution in [0.1, 0.15) is 11.1 Å². The molecule has 2 aromatic rings. The van der Waals surface area contributed by atoms with Crippen LogP contribution < -0.4 is 15.4 Å². The normalized spacial score (nSPS) is 10.6. The Morgan fingerprint density at radius 1 is 0.864 bits per heavy atom. The summed E-state index contributed by atoms with van der Waals surface area (Å²) in [4.78, 5) is 0. The molecule has 0 aliphatic carbocycles. The number of halogens is 1. The highest BCUT2D eigenvalue weighted by molar-refractivity contribution is 5.33. The lowest BCUT2D eigenvalue weighted by Crippen LogP contribution is -2.28. The van der Waals surface area contributed by atoms with Crippen LogP contribution in [0.15, 0.2) is 48.5 Å². The fraction of sp³-hybridized carbons (Fsp3) is 0.333. The maximum atomic E-state index is 13.4. The van der Waals surface area contributed by atoms with Gasteiger partial charge in [-0.2, -0.15) is 0 Å². The summed E-state index contributed by atoms with van der Waals surface area (Å²) >= 11 is 0. The molecule has 0 saturated heterocycles. The van der Waals surface area contributed by atoms with Gasteiger partial charge in [-0.3, -0.25) is 0 Å². The fourth-order valence-electron chi connectivity index (χ4n) is 2.30. The molecular formula is C18H23FN2O. The number of hydrogen-bond donors (Lipinski definition) is 2. The van der Waals surface area contributed by atoms with E-state index in [1.807, 2.05) is 24.3 Å². The minimum atomic E-state index is -0.154. The Kier molecular flexibility index (Phi) is 6.87. The molecule has 2 N–H and O–H groups in total. The average molecular weight is 302 g/mol. The molecule has 0 atom stereocenters. The Morgan fingerprint density at radius 2 is 1.55 bits per heavy atom. The Morgan fingerprint density at radius 3 is 2.32 bits per heavy atom. The van der Waals surface area contributed by atoms with Gasteiger partial charge in [-0.1, -0.05) is 36.4 Å². The van der Waals surface area contributed by atoms with Gasteiger partial charge in [0.1, 0.15) is 11.6 Å². The maximum Gasteiger partial charge on any atom is 0.127 e. The van der Waals surface area contributed by atoms with Crippen molar-refractivity contribution in [3.8, 4) is 5.75 Å². The van der Waals surface area contributed by atoms with E-state index in [0.29, 0.717) is 12.1 Å². The van der Waals surface area contributed by atoms with E-state index in [0.717, 1.165) is 31.8 Å². The first kappa shape index (κ1) is 16.5. The first-order valence-corrected chi connectivity index (χ1v) is 7.58. The second-order valence-electron chi connectivity index (χ2n) is 5.08. The van der Waals surface area contributed by atoms with E-state index in [9.17, 15) is 4.39 Å². The zero-order valence-corrected chi connectivity index (χ0v) is 12.9. The van der Waals surface area contributed by atoms with Crippen LogP contribution >= 0.6 is 0 Å². The van der Waals surface area contributed by atoms with Gasteiger partial charge >= 0.3 is 0 Å². The number of para-hydroxylation sites is 1. The van der Waals surface area contributed by atoms with E-state index >= 15 is 0 Å². The molecule has 0 aromatic heterocycles. The van der Waals surface area contributed by atoms with Crippen molar-refractivity contribution in [1.29, 1.82) is 0 Å². The molecule has 118 valence electrons. The average Bonchev–Trinajstić information content (AvgIpc) is 2.56. The number of nitrogens with one attached hydrogen (secondary N) is 2. The molecule has 0 heterocycles. The number of rotatable bonds is 9. The number of methoxy groups -OCH3 is 1. The SMILES string of the molecule is COc1ccccc1CCNCCNCc1ccccc1F. The van der Waals surface area contributed by atoms with Crippen molar-refractivity contribution in [3.63, 3.8) is 0 Å². The van der Waals surface area contributed by atoms with E-state index in [4.69, 9.17) is 4.74 Å². The molecule has 0 saturated carbocycles. The topological polar surface area (TPSA) is 33.3 Å². The molecule has 0 aliphatic heterocycles. The van der Waals surface area contributed by atoms with Crippen LogP contribution in [0.2, 0.25) is 0 Å². The minimum Gasteiger partial charge on any atom is -0.496 e. The second kappa shape index (κ2) is 9.18. The molecule has 22 heavy (non-hydrogen) atoms. The molecule has 0 aliphatic rings. The molecule has 0 amide bonds. The summed E-state index contributed by atoms with van der Waals surface area (Å²) in [6.07, 6.45) is 0.928. The van der Waals surface area contributed by atoms with E-state index in [2.05, 4.69) is 16.7 Å². The molecule has 0 fully saturated rings. The van der Waals surface area contributed by atoms with Gasteiger partial charge in [0, 0.05) is 25.2 Å². The molecule has 0 radical (unpaired) electrons. The van der Waals surface area contributed by atoms with Crippen LogP contribution in [-0.2, 0) is 13.0 Å². The third-order valence-corrected chi connectivity index (χ3v) is 3.52. The Bertz CT molecular complexity index is 575. The van der Waals surface area contributed by atoms with Gasteiger partial charge < -0.3 is 15.4 Å². The van der Waals surface area contributed by atoms with Gasteiger partial charge in [0.15, 0.2) is 0 Å². The van der Waals surface area contributed by atoms with Crippen molar-refractivity contribution in [2.45, 2.75) is 13.0 Å². The van der Waals surface area contributed by atoms with Crippen molar-refractivity contribution in [1.82, 2.24) is 10.6 Å². The molecule has 0 unspecified atom stereocenters. The third kappa shape index (κ3) is 5.13.